The molecule has 0 heterocycles. The lowest BCUT2D eigenvalue weighted by molar-refractivity contribution is -0.124. The van der Waals surface area contributed by atoms with Gasteiger partial charge >= 0.3 is 0 Å². The van der Waals surface area contributed by atoms with E-state index >= 15 is 0 Å². The molecule has 282 valence electrons. The van der Waals surface area contributed by atoms with Crippen molar-refractivity contribution in [3.63, 3.8) is 0 Å². The SMILES string of the molecule is CCCCC/C=C/CC/C=C/CCCC(O)C(O)C(CO)NC(=O)CCCCCCCCC/C=C\CCCCCCCCCCCCC. The van der Waals surface area contributed by atoms with E-state index in [0.29, 0.717) is 12.8 Å². The molecule has 0 aromatic heterocycles. The second kappa shape index (κ2) is 38.4. The zero-order valence-electron chi connectivity index (χ0n) is 31.9. The minimum absolute atomic E-state index is 0.164. The van der Waals surface area contributed by atoms with E-state index in [0.717, 1.165) is 44.9 Å². The van der Waals surface area contributed by atoms with Crippen LogP contribution in [0.1, 0.15) is 206 Å². The highest BCUT2D eigenvalue weighted by atomic mass is 16.3. The van der Waals surface area contributed by atoms with Gasteiger partial charge in [-0.15, -0.1) is 0 Å². The number of hydrogen-bond donors (Lipinski definition) is 4. The number of unbranched alkanes of at least 4 members (excludes halogenated alkanes) is 23. The van der Waals surface area contributed by atoms with Gasteiger partial charge in [-0.25, -0.2) is 0 Å². The minimum Gasteiger partial charge on any atom is -0.394 e. The van der Waals surface area contributed by atoms with Crippen molar-refractivity contribution in [1.29, 1.82) is 0 Å². The molecule has 3 unspecified atom stereocenters. The highest BCUT2D eigenvalue weighted by Crippen LogP contribution is 2.14. The van der Waals surface area contributed by atoms with Gasteiger partial charge in [-0.2, -0.15) is 0 Å². The Kier molecular flexibility index (Phi) is 37.2. The summed E-state index contributed by atoms with van der Waals surface area (Å²) in [6.07, 6.45) is 46.8. The number of aliphatic hydroxyl groups excluding tert-OH is 3. The van der Waals surface area contributed by atoms with Gasteiger partial charge in [-0.05, 0) is 77.0 Å². The van der Waals surface area contributed by atoms with Crippen molar-refractivity contribution in [3.05, 3.63) is 36.5 Å². The number of carbonyl (C=O) groups is 1. The van der Waals surface area contributed by atoms with Crippen molar-refractivity contribution in [2.24, 2.45) is 0 Å². The number of allylic oxidation sites excluding steroid dienone is 6. The van der Waals surface area contributed by atoms with E-state index in [1.54, 1.807) is 0 Å². The van der Waals surface area contributed by atoms with E-state index in [4.69, 9.17) is 0 Å². The van der Waals surface area contributed by atoms with Gasteiger partial charge in [-0.3, -0.25) is 4.79 Å². The number of aliphatic hydroxyl groups is 3. The van der Waals surface area contributed by atoms with Gasteiger partial charge in [0.1, 0.15) is 6.10 Å². The van der Waals surface area contributed by atoms with Crippen LogP contribution in [0.2, 0.25) is 0 Å². The minimum atomic E-state index is -1.17. The lowest BCUT2D eigenvalue weighted by atomic mass is 10.0. The molecule has 0 aliphatic carbocycles. The van der Waals surface area contributed by atoms with Gasteiger partial charge in [0.2, 0.25) is 5.91 Å². The van der Waals surface area contributed by atoms with Crippen LogP contribution in [0.5, 0.6) is 0 Å². The van der Waals surface area contributed by atoms with Crippen LogP contribution in [0.15, 0.2) is 36.5 Å². The second-order valence-electron chi connectivity index (χ2n) is 14.2. The Balaban J connectivity index is 3.67. The molecule has 5 nitrogen and oxygen atoms in total. The van der Waals surface area contributed by atoms with Crippen molar-refractivity contribution in [2.75, 3.05) is 6.61 Å². The quantitative estimate of drug-likeness (QED) is 0.0390. The summed E-state index contributed by atoms with van der Waals surface area (Å²) in [6, 6.07) is -0.832. The zero-order valence-corrected chi connectivity index (χ0v) is 31.9. The van der Waals surface area contributed by atoms with Crippen LogP contribution < -0.4 is 5.32 Å². The van der Waals surface area contributed by atoms with Crippen LogP contribution in [0.25, 0.3) is 0 Å². The molecule has 0 saturated carbocycles. The Morgan fingerprint density at radius 2 is 0.854 bits per heavy atom. The molecule has 0 aliphatic heterocycles. The highest BCUT2D eigenvalue weighted by Gasteiger charge is 2.26. The fourth-order valence-electron chi connectivity index (χ4n) is 6.17. The van der Waals surface area contributed by atoms with Gasteiger partial charge in [0.25, 0.3) is 0 Å². The number of nitrogens with one attached hydrogen (secondary N) is 1. The Hall–Kier alpha value is -1.43. The largest absolute Gasteiger partial charge is 0.394 e. The van der Waals surface area contributed by atoms with Crippen LogP contribution in [0, 0.1) is 0 Å². The van der Waals surface area contributed by atoms with Crippen molar-refractivity contribution < 1.29 is 20.1 Å². The summed E-state index contributed by atoms with van der Waals surface area (Å²) < 4.78 is 0. The van der Waals surface area contributed by atoms with Crippen molar-refractivity contribution in [2.45, 2.75) is 225 Å². The maximum Gasteiger partial charge on any atom is 0.220 e. The van der Waals surface area contributed by atoms with Gasteiger partial charge < -0.3 is 20.6 Å². The van der Waals surface area contributed by atoms with Gasteiger partial charge in [0.05, 0.1) is 18.8 Å². The third-order valence-corrected chi connectivity index (χ3v) is 9.44. The Morgan fingerprint density at radius 3 is 1.31 bits per heavy atom. The summed E-state index contributed by atoms with van der Waals surface area (Å²) in [5.74, 6) is -0.164. The first kappa shape index (κ1) is 46.6. The van der Waals surface area contributed by atoms with Crippen molar-refractivity contribution in [1.82, 2.24) is 5.32 Å². The number of hydrogen-bond acceptors (Lipinski definition) is 4. The Bertz CT molecular complexity index is 749. The average molecular weight is 676 g/mol. The second-order valence-corrected chi connectivity index (χ2v) is 14.2. The summed E-state index contributed by atoms with van der Waals surface area (Å²) >= 11 is 0. The molecule has 0 bridgehead atoms. The van der Waals surface area contributed by atoms with Gasteiger partial charge in [-0.1, -0.05) is 159 Å². The van der Waals surface area contributed by atoms with E-state index in [1.165, 1.54) is 135 Å². The molecule has 4 N–H and O–H groups in total. The van der Waals surface area contributed by atoms with Gasteiger partial charge in [0.15, 0.2) is 0 Å². The number of rotatable bonds is 37. The standard InChI is InChI=1S/C43H81NO4/c1-3-5-7-9-11-13-15-17-18-19-20-21-22-23-24-25-26-28-30-32-34-36-38-42(47)44-40(39-45)43(48)41(46)37-35-33-31-29-27-16-14-12-10-8-6-4-2/h12,14,22-23,29,31,40-41,43,45-46,48H,3-11,13,15-21,24-28,30,32-39H2,1-2H3,(H,44,47)/b14-12+,23-22-,31-29+. The lowest BCUT2D eigenvalue weighted by Crippen LogP contribution is -2.50. The summed E-state index contributed by atoms with van der Waals surface area (Å²) in [6.45, 7) is 4.12. The molecule has 0 aliphatic rings. The molecule has 1 amide bonds. The van der Waals surface area contributed by atoms with Crippen LogP contribution >= 0.6 is 0 Å². The van der Waals surface area contributed by atoms with Crippen molar-refractivity contribution >= 4 is 5.91 Å². The molecule has 0 saturated heterocycles. The predicted molar refractivity (Wildman–Crippen MR) is 208 cm³/mol. The first-order chi connectivity index (χ1) is 23.6. The molecule has 0 radical (unpaired) electrons. The van der Waals surface area contributed by atoms with Crippen LogP contribution in [-0.2, 0) is 4.79 Å². The fourth-order valence-corrected chi connectivity index (χ4v) is 6.17. The van der Waals surface area contributed by atoms with Gasteiger partial charge in [0, 0.05) is 6.42 Å². The molecule has 0 aromatic rings. The maximum atomic E-state index is 12.4. The summed E-state index contributed by atoms with van der Waals surface area (Å²) in [7, 11) is 0. The van der Waals surface area contributed by atoms with Crippen molar-refractivity contribution in [3.8, 4) is 0 Å². The summed E-state index contributed by atoms with van der Waals surface area (Å²) in [5, 5.41) is 33.3. The number of amides is 1. The zero-order chi connectivity index (χ0) is 35.2. The highest BCUT2D eigenvalue weighted by molar-refractivity contribution is 5.76. The van der Waals surface area contributed by atoms with E-state index < -0.39 is 18.2 Å². The Labute approximate surface area is 298 Å². The average Bonchev–Trinajstić information content (AvgIpc) is 3.09. The first-order valence-electron chi connectivity index (χ1n) is 20.8. The van der Waals surface area contributed by atoms with Crippen LogP contribution in [0.4, 0.5) is 0 Å². The topological polar surface area (TPSA) is 89.8 Å². The molecular weight excluding hydrogens is 594 g/mol. The molecule has 0 spiro atoms. The third kappa shape index (κ3) is 33.1. The molecule has 0 rings (SSSR count). The monoisotopic (exact) mass is 676 g/mol. The molecule has 0 aromatic carbocycles. The van der Waals surface area contributed by atoms with E-state index in [1.807, 2.05) is 0 Å². The fraction of sp³-hybridized carbons (Fsp3) is 0.837. The predicted octanol–water partition coefficient (Wildman–Crippen LogP) is 11.6. The molecule has 0 fully saturated rings. The Morgan fingerprint density at radius 1 is 0.500 bits per heavy atom. The molecule has 48 heavy (non-hydrogen) atoms. The first-order valence-corrected chi connectivity index (χ1v) is 20.8. The van der Waals surface area contributed by atoms with Crippen LogP contribution in [-0.4, -0.2) is 46.1 Å². The number of carbonyl (C=O) groups excluding carboxylic acids is 1. The normalized spacial score (nSPS) is 14.0. The summed E-state index contributed by atoms with van der Waals surface area (Å²) in [5.41, 5.74) is 0. The van der Waals surface area contributed by atoms with E-state index in [-0.39, 0.29) is 12.5 Å². The molecular formula is C43H81NO4. The molecule has 5 heteroatoms. The third-order valence-electron chi connectivity index (χ3n) is 9.44. The molecule has 3 atom stereocenters. The summed E-state index contributed by atoms with van der Waals surface area (Å²) in [4.78, 5) is 12.4. The maximum absolute atomic E-state index is 12.4. The van der Waals surface area contributed by atoms with Crippen LogP contribution in [0.3, 0.4) is 0 Å². The smallest absolute Gasteiger partial charge is 0.220 e. The van der Waals surface area contributed by atoms with E-state index in [2.05, 4.69) is 55.6 Å². The lowest BCUT2D eigenvalue weighted by Gasteiger charge is -2.26. The van der Waals surface area contributed by atoms with E-state index in [9.17, 15) is 20.1 Å².